The summed E-state index contributed by atoms with van der Waals surface area (Å²) in [6.45, 7) is 0. The van der Waals surface area contributed by atoms with Gasteiger partial charge in [0.05, 0.1) is 7.11 Å². The molecule has 1 aromatic carbocycles. The molecule has 0 amide bonds. The summed E-state index contributed by atoms with van der Waals surface area (Å²) in [6, 6.07) is 10.6. The van der Waals surface area contributed by atoms with Crippen molar-refractivity contribution < 1.29 is 9.53 Å². The Bertz CT molecular complexity index is 550. The Hall–Kier alpha value is -2.36. The molecule has 4 nitrogen and oxygen atoms in total. The zero-order chi connectivity index (χ0) is 13.0. The monoisotopic (exact) mass is 242 g/mol. The molecule has 0 spiro atoms. The number of nitrogens with zero attached hydrogens (tertiary/aromatic N) is 1. The van der Waals surface area contributed by atoms with Gasteiger partial charge in [0.2, 0.25) is 0 Å². The lowest BCUT2D eigenvalue weighted by Crippen LogP contribution is -2.06. The molecule has 0 aliphatic carbocycles. The second kappa shape index (κ2) is 5.31. The minimum Gasteiger partial charge on any atom is -0.497 e. The molecule has 0 saturated carbocycles. The van der Waals surface area contributed by atoms with Crippen LogP contribution in [0, 0.1) is 0 Å². The lowest BCUT2D eigenvalue weighted by Gasteiger charge is -2.05. The number of nitrogens with two attached hydrogens (primary N) is 1. The van der Waals surface area contributed by atoms with E-state index in [0.29, 0.717) is 11.4 Å². The molecular formula is C14H14N2O2. The normalized spacial score (nSPS) is 10.1. The van der Waals surface area contributed by atoms with Crippen LogP contribution in [0.15, 0.2) is 42.6 Å². The summed E-state index contributed by atoms with van der Waals surface area (Å²) in [4.78, 5) is 16.0. The van der Waals surface area contributed by atoms with Crippen LogP contribution in [0.4, 0.5) is 5.82 Å². The highest BCUT2D eigenvalue weighted by Crippen LogP contribution is 2.15. The van der Waals surface area contributed by atoms with E-state index in [0.717, 1.165) is 11.3 Å². The van der Waals surface area contributed by atoms with Gasteiger partial charge in [0.25, 0.3) is 0 Å². The number of Topliss-reactive ketones (excluding diaryl/α,β-unsaturated/α-hetero) is 1. The van der Waals surface area contributed by atoms with Gasteiger partial charge in [0.15, 0.2) is 5.78 Å². The van der Waals surface area contributed by atoms with E-state index in [2.05, 4.69) is 4.98 Å². The third-order valence-electron chi connectivity index (χ3n) is 2.69. The van der Waals surface area contributed by atoms with Crippen molar-refractivity contribution in [1.29, 1.82) is 0 Å². The number of benzene rings is 1. The van der Waals surface area contributed by atoms with E-state index in [1.807, 2.05) is 6.07 Å². The smallest absolute Gasteiger partial charge is 0.167 e. The van der Waals surface area contributed by atoms with Crippen LogP contribution in [-0.2, 0) is 6.42 Å². The second-order valence-electron chi connectivity index (χ2n) is 3.88. The van der Waals surface area contributed by atoms with Crippen LogP contribution < -0.4 is 10.5 Å². The molecule has 0 radical (unpaired) electrons. The third-order valence-corrected chi connectivity index (χ3v) is 2.69. The first-order valence-electron chi connectivity index (χ1n) is 5.57. The van der Waals surface area contributed by atoms with Crippen LogP contribution in [0.25, 0.3) is 0 Å². The summed E-state index contributed by atoms with van der Waals surface area (Å²) in [7, 11) is 1.59. The Labute approximate surface area is 105 Å². The topological polar surface area (TPSA) is 65.2 Å². The van der Waals surface area contributed by atoms with E-state index < -0.39 is 0 Å². The molecule has 0 aliphatic heterocycles. The number of carbonyl (C=O) groups is 1. The lowest BCUT2D eigenvalue weighted by molar-refractivity contribution is 0.0993. The minimum absolute atomic E-state index is 0.0114. The summed E-state index contributed by atoms with van der Waals surface area (Å²) in [6.07, 6.45) is 1.86. The van der Waals surface area contributed by atoms with Gasteiger partial charge in [0, 0.05) is 23.7 Å². The zero-order valence-electron chi connectivity index (χ0n) is 10.1. The molecule has 2 rings (SSSR count). The lowest BCUT2D eigenvalue weighted by atomic mass is 10.0. The van der Waals surface area contributed by atoms with E-state index >= 15 is 0 Å². The first kappa shape index (κ1) is 12.1. The van der Waals surface area contributed by atoms with Crippen LogP contribution in [0.1, 0.15) is 15.9 Å². The highest BCUT2D eigenvalue weighted by atomic mass is 16.5. The number of aromatic nitrogens is 1. The number of rotatable bonds is 4. The van der Waals surface area contributed by atoms with E-state index in [1.165, 1.54) is 0 Å². The molecular weight excluding hydrogens is 228 g/mol. The molecule has 2 N–H and O–H groups in total. The maximum atomic E-state index is 12.0. The number of hydrogen-bond donors (Lipinski definition) is 1. The van der Waals surface area contributed by atoms with Crippen LogP contribution in [0.5, 0.6) is 5.75 Å². The van der Waals surface area contributed by atoms with Crippen molar-refractivity contribution in [3.05, 3.63) is 53.7 Å². The van der Waals surface area contributed by atoms with E-state index in [4.69, 9.17) is 10.5 Å². The predicted octanol–water partition coefficient (Wildman–Crippen LogP) is 2.10. The van der Waals surface area contributed by atoms with Crippen molar-refractivity contribution >= 4 is 11.6 Å². The first-order chi connectivity index (χ1) is 8.70. The van der Waals surface area contributed by atoms with Gasteiger partial charge < -0.3 is 10.5 Å². The SMILES string of the molecule is COc1ccc(C(=O)Cc2cccnc2N)cc1. The number of carbonyl (C=O) groups excluding carboxylic acids is 1. The van der Waals surface area contributed by atoms with Crippen molar-refractivity contribution in [3.63, 3.8) is 0 Å². The zero-order valence-corrected chi connectivity index (χ0v) is 10.1. The largest absolute Gasteiger partial charge is 0.497 e. The molecule has 4 heteroatoms. The highest BCUT2D eigenvalue weighted by molar-refractivity contribution is 5.98. The minimum atomic E-state index is 0.0114. The van der Waals surface area contributed by atoms with Crippen molar-refractivity contribution in [2.75, 3.05) is 12.8 Å². The van der Waals surface area contributed by atoms with Gasteiger partial charge >= 0.3 is 0 Å². The number of ether oxygens (including phenoxy) is 1. The van der Waals surface area contributed by atoms with Crippen LogP contribution >= 0.6 is 0 Å². The Balaban J connectivity index is 2.14. The molecule has 0 bridgehead atoms. The van der Waals surface area contributed by atoms with Crippen LogP contribution in [-0.4, -0.2) is 17.9 Å². The molecule has 0 aliphatic rings. The Morgan fingerprint density at radius 3 is 2.61 bits per heavy atom. The van der Waals surface area contributed by atoms with Crippen molar-refractivity contribution in [2.24, 2.45) is 0 Å². The summed E-state index contributed by atoms with van der Waals surface area (Å²) in [5, 5.41) is 0. The second-order valence-corrected chi connectivity index (χ2v) is 3.88. The van der Waals surface area contributed by atoms with Gasteiger partial charge in [-0.1, -0.05) is 6.07 Å². The quantitative estimate of drug-likeness (QED) is 0.834. The fourth-order valence-corrected chi connectivity index (χ4v) is 1.65. The molecule has 1 aromatic heterocycles. The molecule has 18 heavy (non-hydrogen) atoms. The van der Waals surface area contributed by atoms with Crippen molar-refractivity contribution in [2.45, 2.75) is 6.42 Å². The number of methoxy groups -OCH3 is 1. The fourth-order valence-electron chi connectivity index (χ4n) is 1.65. The van der Waals surface area contributed by atoms with Gasteiger partial charge in [-0.3, -0.25) is 4.79 Å². The van der Waals surface area contributed by atoms with E-state index in [-0.39, 0.29) is 12.2 Å². The Morgan fingerprint density at radius 2 is 2.00 bits per heavy atom. The van der Waals surface area contributed by atoms with E-state index in [1.54, 1.807) is 43.6 Å². The molecule has 2 aromatic rings. The average molecular weight is 242 g/mol. The molecule has 0 unspecified atom stereocenters. The molecule has 92 valence electrons. The number of nitrogen functional groups attached to an aromatic ring is 1. The summed E-state index contributed by atoms with van der Waals surface area (Å²) in [5.41, 5.74) is 7.10. The van der Waals surface area contributed by atoms with Gasteiger partial charge in [-0.05, 0) is 30.3 Å². The molecule has 0 fully saturated rings. The van der Waals surface area contributed by atoms with Crippen LogP contribution in [0.2, 0.25) is 0 Å². The Morgan fingerprint density at radius 1 is 1.28 bits per heavy atom. The Kier molecular flexibility index (Phi) is 3.57. The van der Waals surface area contributed by atoms with Crippen LogP contribution in [0.3, 0.4) is 0 Å². The number of pyridine rings is 1. The summed E-state index contributed by atoms with van der Waals surface area (Å²) >= 11 is 0. The number of hydrogen-bond acceptors (Lipinski definition) is 4. The third kappa shape index (κ3) is 2.66. The maximum Gasteiger partial charge on any atom is 0.167 e. The average Bonchev–Trinajstić information content (AvgIpc) is 2.41. The van der Waals surface area contributed by atoms with E-state index in [9.17, 15) is 4.79 Å². The standard InChI is InChI=1S/C14H14N2O2/c1-18-12-6-4-10(5-7-12)13(17)9-11-3-2-8-16-14(11)15/h2-8H,9H2,1H3,(H2,15,16). The molecule has 0 saturated heterocycles. The number of ketones is 1. The number of anilines is 1. The molecule has 0 atom stereocenters. The summed E-state index contributed by atoms with van der Waals surface area (Å²) in [5.74, 6) is 1.14. The first-order valence-corrected chi connectivity index (χ1v) is 5.57. The summed E-state index contributed by atoms with van der Waals surface area (Å²) < 4.78 is 5.05. The van der Waals surface area contributed by atoms with Gasteiger partial charge in [-0.25, -0.2) is 4.98 Å². The van der Waals surface area contributed by atoms with Crippen molar-refractivity contribution in [1.82, 2.24) is 4.98 Å². The fraction of sp³-hybridized carbons (Fsp3) is 0.143. The predicted molar refractivity (Wildman–Crippen MR) is 69.7 cm³/mol. The highest BCUT2D eigenvalue weighted by Gasteiger charge is 2.09. The molecule has 1 heterocycles. The van der Waals surface area contributed by atoms with Gasteiger partial charge in [-0.15, -0.1) is 0 Å². The van der Waals surface area contributed by atoms with Gasteiger partial charge in [0.1, 0.15) is 11.6 Å². The van der Waals surface area contributed by atoms with Gasteiger partial charge in [-0.2, -0.15) is 0 Å². The maximum absolute atomic E-state index is 12.0. The van der Waals surface area contributed by atoms with Crippen molar-refractivity contribution in [3.8, 4) is 5.75 Å².